The first-order chi connectivity index (χ1) is 10.1. The molecule has 1 aliphatic heterocycles. The molecule has 0 radical (unpaired) electrons. The van der Waals surface area contributed by atoms with Crippen molar-refractivity contribution in [3.63, 3.8) is 0 Å². The highest BCUT2D eigenvalue weighted by atomic mass is 16.2. The second-order valence-electron chi connectivity index (χ2n) is 4.98. The van der Waals surface area contributed by atoms with Crippen LogP contribution < -0.4 is 16.0 Å². The Hall–Kier alpha value is -2.37. The van der Waals surface area contributed by atoms with Crippen LogP contribution in [0.3, 0.4) is 0 Å². The van der Waals surface area contributed by atoms with Crippen LogP contribution in [0.1, 0.15) is 36.5 Å². The summed E-state index contributed by atoms with van der Waals surface area (Å²) in [6.45, 7) is 2.89. The minimum absolute atomic E-state index is 0.245. The number of anilines is 1. The minimum atomic E-state index is -0.651. The van der Waals surface area contributed by atoms with Crippen LogP contribution in [0.25, 0.3) is 0 Å². The number of carbonyl (C=O) groups is 3. The van der Waals surface area contributed by atoms with Crippen LogP contribution in [0.2, 0.25) is 0 Å². The van der Waals surface area contributed by atoms with Crippen LogP contribution in [0.5, 0.6) is 0 Å². The summed E-state index contributed by atoms with van der Waals surface area (Å²) >= 11 is 0. The molecule has 2 rings (SSSR count). The molecule has 6 heteroatoms. The molecule has 0 aliphatic carbocycles. The Morgan fingerprint density at radius 1 is 1.38 bits per heavy atom. The average molecular weight is 289 g/mol. The van der Waals surface area contributed by atoms with Crippen molar-refractivity contribution >= 4 is 23.4 Å². The zero-order valence-corrected chi connectivity index (χ0v) is 11.9. The number of benzene rings is 1. The van der Waals surface area contributed by atoms with Gasteiger partial charge in [-0.1, -0.05) is 13.0 Å². The first-order valence-electron chi connectivity index (χ1n) is 7.08. The fourth-order valence-corrected chi connectivity index (χ4v) is 2.11. The SMILES string of the molecule is CCCNc1cccc(C(=O)NC2CCC(=O)NC2=O)c1. The van der Waals surface area contributed by atoms with E-state index in [1.165, 1.54) is 0 Å². The van der Waals surface area contributed by atoms with Crippen LogP contribution in [0.4, 0.5) is 5.69 Å². The predicted octanol–water partition coefficient (Wildman–Crippen LogP) is 1.04. The van der Waals surface area contributed by atoms with Gasteiger partial charge >= 0.3 is 0 Å². The van der Waals surface area contributed by atoms with Gasteiger partial charge in [0.05, 0.1) is 0 Å². The van der Waals surface area contributed by atoms with Crippen LogP contribution in [0, 0.1) is 0 Å². The second kappa shape index (κ2) is 6.88. The van der Waals surface area contributed by atoms with E-state index in [0.717, 1.165) is 18.7 Å². The molecule has 6 nitrogen and oxygen atoms in total. The standard InChI is InChI=1S/C15H19N3O3/c1-2-8-16-11-5-3-4-10(9-11)14(20)17-12-6-7-13(19)18-15(12)21/h3-5,9,12,16H,2,6-8H2,1H3,(H,17,20)(H,18,19,21). The number of amides is 3. The summed E-state index contributed by atoms with van der Waals surface area (Å²) in [5.74, 6) is -1.05. The normalized spacial score (nSPS) is 18.0. The van der Waals surface area contributed by atoms with Crippen LogP contribution in [-0.2, 0) is 9.59 Å². The van der Waals surface area contributed by atoms with Gasteiger partial charge in [0, 0.05) is 24.2 Å². The molecule has 0 spiro atoms. The summed E-state index contributed by atoms with van der Waals surface area (Å²) in [4.78, 5) is 34.8. The molecule has 1 heterocycles. The van der Waals surface area contributed by atoms with Crippen molar-refractivity contribution in [3.05, 3.63) is 29.8 Å². The Morgan fingerprint density at radius 2 is 2.19 bits per heavy atom. The monoisotopic (exact) mass is 289 g/mol. The Labute approximate surface area is 123 Å². The molecule has 0 bridgehead atoms. The maximum atomic E-state index is 12.2. The summed E-state index contributed by atoms with van der Waals surface area (Å²) in [6.07, 6.45) is 1.58. The van der Waals surface area contributed by atoms with Crippen molar-refractivity contribution in [2.45, 2.75) is 32.2 Å². The Bertz CT molecular complexity index is 557. The van der Waals surface area contributed by atoms with Gasteiger partial charge in [0.15, 0.2) is 0 Å². The zero-order valence-electron chi connectivity index (χ0n) is 11.9. The van der Waals surface area contributed by atoms with Crippen LogP contribution in [-0.4, -0.2) is 30.3 Å². The lowest BCUT2D eigenvalue weighted by Crippen LogP contribution is -2.52. The fourth-order valence-electron chi connectivity index (χ4n) is 2.11. The molecule has 1 aliphatic rings. The molecule has 1 saturated heterocycles. The second-order valence-corrected chi connectivity index (χ2v) is 4.98. The van der Waals surface area contributed by atoms with E-state index in [2.05, 4.69) is 22.9 Å². The molecule has 112 valence electrons. The molecule has 0 aromatic heterocycles. The van der Waals surface area contributed by atoms with Crippen LogP contribution in [0.15, 0.2) is 24.3 Å². The number of hydrogen-bond acceptors (Lipinski definition) is 4. The molecule has 1 aromatic carbocycles. The van der Waals surface area contributed by atoms with Crippen molar-refractivity contribution in [2.24, 2.45) is 0 Å². The number of carbonyl (C=O) groups excluding carboxylic acids is 3. The van der Waals surface area contributed by atoms with Gasteiger partial charge in [-0.2, -0.15) is 0 Å². The van der Waals surface area contributed by atoms with Crippen molar-refractivity contribution in [2.75, 3.05) is 11.9 Å². The number of imide groups is 1. The largest absolute Gasteiger partial charge is 0.385 e. The van der Waals surface area contributed by atoms with E-state index in [4.69, 9.17) is 0 Å². The first-order valence-corrected chi connectivity index (χ1v) is 7.08. The summed E-state index contributed by atoms with van der Waals surface area (Å²) in [5.41, 5.74) is 1.36. The van der Waals surface area contributed by atoms with E-state index in [-0.39, 0.29) is 18.2 Å². The molecular formula is C15H19N3O3. The lowest BCUT2D eigenvalue weighted by molar-refractivity contribution is -0.134. The molecule has 1 fully saturated rings. The third kappa shape index (κ3) is 4.05. The van der Waals surface area contributed by atoms with Crippen molar-refractivity contribution < 1.29 is 14.4 Å². The van der Waals surface area contributed by atoms with E-state index >= 15 is 0 Å². The Morgan fingerprint density at radius 3 is 2.90 bits per heavy atom. The third-order valence-electron chi connectivity index (χ3n) is 3.25. The maximum Gasteiger partial charge on any atom is 0.252 e. The van der Waals surface area contributed by atoms with Gasteiger partial charge in [0.1, 0.15) is 6.04 Å². The lowest BCUT2D eigenvalue weighted by Gasteiger charge is -2.21. The lowest BCUT2D eigenvalue weighted by atomic mass is 10.1. The van der Waals surface area contributed by atoms with Crippen molar-refractivity contribution in [1.29, 1.82) is 0 Å². The van der Waals surface area contributed by atoms with Gasteiger partial charge in [-0.15, -0.1) is 0 Å². The summed E-state index contributed by atoms with van der Waals surface area (Å²) in [5, 5.41) is 8.08. The summed E-state index contributed by atoms with van der Waals surface area (Å²) < 4.78 is 0. The topological polar surface area (TPSA) is 87.3 Å². The molecule has 21 heavy (non-hydrogen) atoms. The van der Waals surface area contributed by atoms with E-state index in [1.807, 2.05) is 6.07 Å². The van der Waals surface area contributed by atoms with Gasteiger partial charge in [-0.3, -0.25) is 19.7 Å². The van der Waals surface area contributed by atoms with Crippen LogP contribution >= 0.6 is 0 Å². The number of rotatable bonds is 5. The van der Waals surface area contributed by atoms with Crippen molar-refractivity contribution in [1.82, 2.24) is 10.6 Å². The molecule has 3 amide bonds. The van der Waals surface area contributed by atoms with Gasteiger partial charge in [0.25, 0.3) is 5.91 Å². The van der Waals surface area contributed by atoms with Gasteiger partial charge in [-0.25, -0.2) is 0 Å². The number of piperidine rings is 1. The summed E-state index contributed by atoms with van der Waals surface area (Å²) in [6, 6.07) is 6.47. The molecule has 1 unspecified atom stereocenters. The highest BCUT2D eigenvalue weighted by molar-refractivity contribution is 6.03. The molecule has 1 atom stereocenters. The average Bonchev–Trinajstić information content (AvgIpc) is 2.48. The quantitative estimate of drug-likeness (QED) is 0.707. The fraction of sp³-hybridized carbons (Fsp3) is 0.400. The van der Waals surface area contributed by atoms with E-state index in [0.29, 0.717) is 12.0 Å². The van der Waals surface area contributed by atoms with Gasteiger partial charge in [0.2, 0.25) is 11.8 Å². The number of hydrogen-bond donors (Lipinski definition) is 3. The predicted molar refractivity (Wildman–Crippen MR) is 78.9 cm³/mol. The van der Waals surface area contributed by atoms with E-state index in [1.54, 1.807) is 18.2 Å². The Kier molecular flexibility index (Phi) is 4.92. The smallest absolute Gasteiger partial charge is 0.252 e. The Balaban J connectivity index is 1.99. The third-order valence-corrected chi connectivity index (χ3v) is 3.25. The minimum Gasteiger partial charge on any atom is -0.385 e. The van der Waals surface area contributed by atoms with E-state index < -0.39 is 11.9 Å². The number of nitrogens with one attached hydrogen (secondary N) is 3. The highest BCUT2D eigenvalue weighted by Gasteiger charge is 2.28. The molecule has 0 saturated carbocycles. The highest BCUT2D eigenvalue weighted by Crippen LogP contribution is 2.12. The first kappa shape index (κ1) is 15.0. The summed E-state index contributed by atoms with van der Waals surface area (Å²) in [7, 11) is 0. The molecular weight excluding hydrogens is 270 g/mol. The van der Waals surface area contributed by atoms with E-state index in [9.17, 15) is 14.4 Å². The zero-order chi connectivity index (χ0) is 15.2. The molecule has 3 N–H and O–H groups in total. The van der Waals surface area contributed by atoms with Crippen molar-refractivity contribution in [3.8, 4) is 0 Å². The molecule has 1 aromatic rings. The maximum absolute atomic E-state index is 12.2. The van der Waals surface area contributed by atoms with Gasteiger partial charge < -0.3 is 10.6 Å². The van der Waals surface area contributed by atoms with Gasteiger partial charge in [-0.05, 0) is 31.0 Å².